The highest BCUT2D eigenvalue weighted by molar-refractivity contribution is 5.38. The van der Waals surface area contributed by atoms with E-state index in [2.05, 4.69) is 6.58 Å². The maximum absolute atomic E-state index is 13.0. The Morgan fingerprint density at radius 2 is 2.08 bits per heavy atom. The third-order valence-electron chi connectivity index (χ3n) is 1.66. The van der Waals surface area contributed by atoms with Crippen LogP contribution in [0.1, 0.15) is 11.6 Å². The van der Waals surface area contributed by atoms with E-state index < -0.39 is 23.4 Å². The van der Waals surface area contributed by atoms with Crippen molar-refractivity contribution < 1.29 is 13.9 Å². The van der Waals surface area contributed by atoms with Crippen molar-refractivity contribution in [3.05, 3.63) is 42.0 Å². The number of benzene rings is 1. The third-order valence-corrected chi connectivity index (χ3v) is 1.66. The van der Waals surface area contributed by atoms with Gasteiger partial charge in [0.1, 0.15) is 17.4 Å². The maximum Gasteiger partial charge on any atom is 0.134 e. The lowest BCUT2D eigenvalue weighted by Gasteiger charge is -2.09. The summed E-state index contributed by atoms with van der Waals surface area (Å²) in [6.45, 7) is 3.35. The predicted octanol–water partition coefficient (Wildman–Crippen LogP) is 1.86. The highest BCUT2D eigenvalue weighted by Crippen LogP contribution is 2.27. The Bertz CT molecular complexity index is 315. The van der Waals surface area contributed by atoms with E-state index in [0.29, 0.717) is 6.07 Å². The molecule has 0 aromatic heterocycles. The molecule has 1 aromatic carbocycles. The Kier molecular flexibility index (Phi) is 2.63. The van der Waals surface area contributed by atoms with Crippen molar-refractivity contribution in [3.63, 3.8) is 0 Å². The van der Waals surface area contributed by atoms with E-state index in [1.165, 1.54) is 6.08 Å². The molecule has 1 rings (SSSR count). The quantitative estimate of drug-likeness (QED) is 0.691. The fraction of sp³-hybridized carbons (Fsp3) is 0.111. The molecular formula is C9H9F2NO. The van der Waals surface area contributed by atoms with Crippen molar-refractivity contribution >= 4 is 0 Å². The van der Waals surface area contributed by atoms with Crippen LogP contribution in [-0.4, -0.2) is 5.11 Å². The Morgan fingerprint density at radius 3 is 2.54 bits per heavy atom. The first-order valence-electron chi connectivity index (χ1n) is 3.62. The van der Waals surface area contributed by atoms with Gasteiger partial charge < -0.3 is 10.8 Å². The number of hydrogen-bond donors (Lipinski definition) is 2. The molecule has 0 heterocycles. The molecule has 1 aromatic rings. The molecule has 0 fully saturated rings. The Hall–Kier alpha value is -1.42. The molecule has 0 aliphatic rings. The summed E-state index contributed by atoms with van der Waals surface area (Å²) < 4.78 is 25.5. The summed E-state index contributed by atoms with van der Waals surface area (Å²) in [5.74, 6) is -2.20. The van der Waals surface area contributed by atoms with Crippen LogP contribution in [-0.2, 0) is 0 Å². The number of nitrogens with two attached hydrogens (primary N) is 1. The summed E-state index contributed by atoms with van der Waals surface area (Å²) in [7, 11) is 0. The van der Waals surface area contributed by atoms with Crippen molar-refractivity contribution in [3.8, 4) is 5.75 Å². The van der Waals surface area contributed by atoms with E-state index in [-0.39, 0.29) is 5.56 Å². The minimum Gasteiger partial charge on any atom is -0.507 e. The molecule has 0 aliphatic heterocycles. The minimum atomic E-state index is -0.870. The van der Waals surface area contributed by atoms with E-state index in [9.17, 15) is 8.78 Å². The largest absolute Gasteiger partial charge is 0.507 e. The molecule has 13 heavy (non-hydrogen) atoms. The summed E-state index contributed by atoms with van der Waals surface area (Å²) in [6.07, 6.45) is 1.26. The Morgan fingerprint density at radius 1 is 1.46 bits per heavy atom. The topological polar surface area (TPSA) is 46.2 Å². The van der Waals surface area contributed by atoms with Crippen LogP contribution in [0.15, 0.2) is 24.8 Å². The van der Waals surface area contributed by atoms with Gasteiger partial charge >= 0.3 is 0 Å². The maximum atomic E-state index is 13.0. The fourth-order valence-electron chi connectivity index (χ4n) is 1.02. The summed E-state index contributed by atoms with van der Waals surface area (Å²) in [4.78, 5) is 0. The second kappa shape index (κ2) is 3.53. The first-order valence-corrected chi connectivity index (χ1v) is 3.62. The van der Waals surface area contributed by atoms with Crippen molar-refractivity contribution in [1.29, 1.82) is 0 Å². The molecule has 0 saturated carbocycles. The zero-order valence-electron chi connectivity index (χ0n) is 6.80. The number of rotatable bonds is 2. The van der Waals surface area contributed by atoms with Crippen LogP contribution in [0.5, 0.6) is 5.75 Å². The highest BCUT2D eigenvalue weighted by Gasteiger charge is 2.14. The molecule has 0 amide bonds. The van der Waals surface area contributed by atoms with E-state index in [0.717, 1.165) is 6.07 Å². The lowest BCUT2D eigenvalue weighted by atomic mass is 10.1. The van der Waals surface area contributed by atoms with Gasteiger partial charge in [-0.3, -0.25) is 0 Å². The van der Waals surface area contributed by atoms with Gasteiger partial charge in [-0.15, -0.1) is 6.58 Å². The molecule has 0 bridgehead atoms. The molecule has 4 heteroatoms. The average Bonchev–Trinajstić information content (AvgIpc) is 2.02. The molecule has 1 atom stereocenters. The third kappa shape index (κ3) is 1.84. The summed E-state index contributed by atoms with van der Waals surface area (Å²) in [5, 5.41) is 9.17. The summed E-state index contributed by atoms with van der Waals surface area (Å²) in [6, 6.07) is 0.640. The zero-order chi connectivity index (χ0) is 10.0. The van der Waals surface area contributed by atoms with Crippen LogP contribution in [0, 0.1) is 11.6 Å². The van der Waals surface area contributed by atoms with E-state index in [1.54, 1.807) is 0 Å². The molecule has 0 spiro atoms. The second-order valence-electron chi connectivity index (χ2n) is 2.58. The molecule has 0 radical (unpaired) electrons. The summed E-state index contributed by atoms with van der Waals surface area (Å²) in [5.41, 5.74) is 5.26. The van der Waals surface area contributed by atoms with E-state index in [1.807, 2.05) is 0 Å². The lowest BCUT2D eigenvalue weighted by Crippen LogP contribution is -2.09. The first kappa shape index (κ1) is 9.67. The molecular weight excluding hydrogens is 176 g/mol. The van der Waals surface area contributed by atoms with Crippen LogP contribution in [0.3, 0.4) is 0 Å². The van der Waals surface area contributed by atoms with Gasteiger partial charge in [-0.1, -0.05) is 6.08 Å². The SMILES string of the molecule is C=CC(N)c1c(O)cc(F)cc1F. The van der Waals surface area contributed by atoms with Gasteiger partial charge in [0.05, 0.1) is 11.6 Å². The average molecular weight is 185 g/mol. The van der Waals surface area contributed by atoms with Gasteiger partial charge in [-0.2, -0.15) is 0 Å². The van der Waals surface area contributed by atoms with Gasteiger partial charge in [0, 0.05) is 12.1 Å². The van der Waals surface area contributed by atoms with Crippen LogP contribution >= 0.6 is 0 Å². The molecule has 70 valence electrons. The van der Waals surface area contributed by atoms with Gasteiger partial charge in [-0.05, 0) is 0 Å². The first-order chi connectivity index (χ1) is 6.06. The second-order valence-corrected chi connectivity index (χ2v) is 2.58. The van der Waals surface area contributed by atoms with E-state index in [4.69, 9.17) is 10.8 Å². The number of phenolic OH excluding ortho intramolecular Hbond substituents is 1. The minimum absolute atomic E-state index is 0.142. The number of hydrogen-bond acceptors (Lipinski definition) is 2. The monoisotopic (exact) mass is 185 g/mol. The van der Waals surface area contributed by atoms with Gasteiger partial charge in [-0.25, -0.2) is 8.78 Å². The molecule has 0 saturated heterocycles. The number of aromatic hydroxyl groups is 1. The predicted molar refractivity (Wildman–Crippen MR) is 45.1 cm³/mol. The molecule has 3 N–H and O–H groups in total. The highest BCUT2D eigenvalue weighted by atomic mass is 19.1. The standard InChI is InChI=1S/C9H9F2NO/c1-2-7(12)9-6(11)3-5(10)4-8(9)13/h2-4,7,13H,1,12H2. The smallest absolute Gasteiger partial charge is 0.134 e. The van der Waals surface area contributed by atoms with Crippen LogP contribution in [0.25, 0.3) is 0 Å². The normalized spacial score (nSPS) is 12.5. The van der Waals surface area contributed by atoms with Crippen molar-refractivity contribution in [2.75, 3.05) is 0 Å². The Labute approximate surface area is 74.3 Å². The van der Waals surface area contributed by atoms with Gasteiger partial charge in [0.15, 0.2) is 0 Å². The van der Waals surface area contributed by atoms with Crippen molar-refractivity contribution in [2.45, 2.75) is 6.04 Å². The van der Waals surface area contributed by atoms with Crippen LogP contribution in [0.2, 0.25) is 0 Å². The Balaban J connectivity index is 3.28. The van der Waals surface area contributed by atoms with Gasteiger partial charge in [0.25, 0.3) is 0 Å². The fourth-order valence-corrected chi connectivity index (χ4v) is 1.02. The zero-order valence-corrected chi connectivity index (χ0v) is 6.80. The molecule has 2 nitrogen and oxygen atoms in total. The van der Waals surface area contributed by atoms with Crippen molar-refractivity contribution in [2.24, 2.45) is 5.73 Å². The molecule has 0 aliphatic carbocycles. The number of halogens is 2. The van der Waals surface area contributed by atoms with Crippen LogP contribution < -0.4 is 5.73 Å². The number of phenols is 1. The lowest BCUT2D eigenvalue weighted by molar-refractivity contribution is 0.446. The van der Waals surface area contributed by atoms with E-state index >= 15 is 0 Å². The van der Waals surface area contributed by atoms with Crippen molar-refractivity contribution in [1.82, 2.24) is 0 Å². The molecule has 1 unspecified atom stereocenters. The van der Waals surface area contributed by atoms with Gasteiger partial charge in [0.2, 0.25) is 0 Å². The van der Waals surface area contributed by atoms with Crippen LogP contribution in [0.4, 0.5) is 8.78 Å². The summed E-state index contributed by atoms with van der Waals surface area (Å²) >= 11 is 0.